The summed E-state index contributed by atoms with van der Waals surface area (Å²) >= 11 is 0. The number of anilines is 2. The molecule has 8 nitrogen and oxygen atoms in total. The summed E-state index contributed by atoms with van der Waals surface area (Å²) in [7, 11) is 0. The van der Waals surface area contributed by atoms with E-state index < -0.39 is 11.0 Å². The zero-order valence-electron chi connectivity index (χ0n) is 9.08. The highest BCUT2D eigenvalue weighted by molar-refractivity contribution is 5.99. The highest BCUT2D eigenvalue weighted by atomic mass is 16.6. The lowest BCUT2D eigenvalue weighted by Gasteiger charge is -2.05. The normalized spacial score (nSPS) is 9.78. The van der Waals surface area contributed by atoms with E-state index in [4.69, 9.17) is 0 Å². The molecule has 1 heterocycles. The number of nitro benzene ring substituents is 1. The number of carbonyl (C=O) groups is 1. The predicted octanol–water partition coefficient (Wildman–Crippen LogP) is 1.96. The van der Waals surface area contributed by atoms with Crippen LogP contribution < -0.4 is 10.6 Å². The number of hydrogen-bond donors (Lipinski definition) is 3. The van der Waals surface area contributed by atoms with Crippen molar-refractivity contribution in [2.24, 2.45) is 0 Å². The molecule has 18 heavy (non-hydrogen) atoms. The molecule has 8 heteroatoms. The third-order valence-corrected chi connectivity index (χ3v) is 2.08. The Morgan fingerprint density at radius 3 is 2.50 bits per heavy atom. The molecule has 92 valence electrons. The van der Waals surface area contributed by atoms with Crippen LogP contribution in [0.5, 0.6) is 0 Å². The lowest BCUT2D eigenvalue weighted by atomic mass is 10.3. The van der Waals surface area contributed by atoms with E-state index in [0.717, 1.165) is 0 Å². The van der Waals surface area contributed by atoms with Crippen molar-refractivity contribution < 1.29 is 9.72 Å². The maximum Gasteiger partial charge on any atom is 0.324 e. The summed E-state index contributed by atoms with van der Waals surface area (Å²) in [5.41, 5.74) is 0.423. The maximum atomic E-state index is 11.5. The Balaban J connectivity index is 1.97. The first-order valence-corrected chi connectivity index (χ1v) is 4.97. The summed E-state index contributed by atoms with van der Waals surface area (Å²) < 4.78 is 0. The number of non-ortho nitro benzene ring substituents is 1. The Bertz CT molecular complexity index is 549. The van der Waals surface area contributed by atoms with Crippen molar-refractivity contribution >= 4 is 23.2 Å². The molecule has 0 saturated heterocycles. The summed E-state index contributed by atoms with van der Waals surface area (Å²) in [5.74, 6) is 0.453. The molecule has 2 amide bonds. The molecule has 0 aliphatic rings. The zero-order chi connectivity index (χ0) is 13.0. The van der Waals surface area contributed by atoms with Gasteiger partial charge in [-0.3, -0.25) is 20.5 Å². The summed E-state index contributed by atoms with van der Waals surface area (Å²) in [6.45, 7) is 0. The number of nitrogens with zero attached hydrogens (tertiary/aromatic N) is 2. The zero-order valence-corrected chi connectivity index (χ0v) is 9.08. The highest BCUT2D eigenvalue weighted by Gasteiger charge is 2.06. The van der Waals surface area contributed by atoms with E-state index in [0.29, 0.717) is 11.5 Å². The topological polar surface area (TPSA) is 113 Å². The number of amides is 2. The molecule has 3 N–H and O–H groups in total. The Labute approximate surface area is 101 Å². The fourth-order valence-corrected chi connectivity index (χ4v) is 1.28. The Morgan fingerprint density at radius 2 is 1.94 bits per heavy atom. The highest BCUT2D eigenvalue weighted by Crippen LogP contribution is 2.15. The number of H-pyrrole nitrogens is 1. The van der Waals surface area contributed by atoms with Gasteiger partial charge in [0.15, 0.2) is 0 Å². The monoisotopic (exact) mass is 247 g/mol. The molecule has 0 radical (unpaired) electrons. The molecule has 1 aromatic heterocycles. The Hall–Kier alpha value is -2.90. The number of hydrogen-bond acceptors (Lipinski definition) is 4. The van der Waals surface area contributed by atoms with E-state index in [1.54, 1.807) is 6.07 Å². The molecular formula is C10H9N5O3. The largest absolute Gasteiger partial charge is 0.324 e. The fourth-order valence-electron chi connectivity index (χ4n) is 1.28. The molecular weight excluding hydrogens is 238 g/mol. The second-order valence-corrected chi connectivity index (χ2v) is 3.35. The quantitative estimate of drug-likeness (QED) is 0.568. The smallest absolute Gasteiger partial charge is 0.308 e. The molecule has 2 aromatic rings. The van der Waals surface area contributed by atoms with Crippen LogP contribution in [0.1, 0.15) is 0 Å². The lowest BCUT2D eigenvalue weighted by molar-refractivity contribution is -0.384. The fraction of sp³-hybridized carbons (Fsp3) is 0. The van der Waals surface area contributed by atoms with Crippen LogP contribution in [0.2, 0.25) is 0 Å². The van der Waals surface area contributed by atoms with E-state index in [-0.39, 0.29) is 5.69 Å². The second kappa shape index (κ2) is 4.95. The van der Waals surface area contributed by atoms with Gasteiger partial charge in [-0.15, -0.1) is 0 Å². The van der Waals surface area contributed by atoms with Crippen molar-refractivity contribution in [1.82, 2.24) is 10.2 Å². The molecule has 0 aliphatic carbocycles. The van der Waals surface area contributed by atoms with Gasteiger partial charge >= 0.3 is 6.03 Å². The molecule has 0 unspecified atom stereocenters. The van der Waals surface area contributed by atoms with Gasteiger partial charge in [0.05, 0.1) is 11.1 Å². The van der Waals surface area contributed by atoms with E-state index in [1.807, 2.05) is 0 Å². The van der Waals surface area contributed by atoms with E-state index >= 15 is 0 Å². The predicted molar refractivity (Wildman–Crippen MR) is 64.3 cm³/mol. The van der Waals surface area contributed by atoms with E-state index in [1.165, 1.54) is 30.5 Å². The van der Waals surface area contributed by atoms with Crippen molar-refractivity contribution in [2.75, 3.05) is 10.6 Å². The van der Waals surface area contributed by atoms with Crippen molar-refractivity contribution in [1.29, 1.82) is 0 Å². The molecule has 0 spiro atoms. The lowest BCUT2D eigenvalue weighted by Crippen LogP contribution is -2.19. The van der Waals surface area contributed by atoms with Crippen LogP contribution in [0.3, 0.4) is 0 Å². The SMILES string of the molecule is O=C(Nc1ccc([N+](=O)[O-])cc1)Nc1ccn[nH]1. The average molecular weight is 247 g/mol. The summed E-state index contributed by atoms with van der Waals surface area (Å²) in [6.07, 6.45) is 1.50. The van der Waals surface area contributed by atoms with Gasteiger partial charge in [0.1, 0.15) is 5.82 Å². The molecule has 2 rings (SSSR count). The van der Waals surface area contributed by atoms with Crippen LogP contribution in [-0.4, -0.2) is 21.2 Å². The van der Waals surface area contributed by atoms with Gasteiger partial charge in [0.25, 0.3) is 5.69 Å². The van der Waals surface area contributed by atoms with Crippen LogP contribution in [0.15, 0.2) is 36.5 Å². The number of aromatic nitrogens is 2. The first-order chi connectivity index (χ1) is 8.65. The van der Waals surface area contributed by atoms with Gasteiger partial charge in [0, 0.05) is 23.9 Å². The summed E-state index contributed by atoms with van der Waals surface area (Å²) in [4.78, 5) is 21.4. The first kappa shape index (κ1) is 11.6. The minimum Gasteiger partial charge on any atom is -0.308 e. The summed E-state index contributed by atoms with van der Waals surface area (Å²) in [5, 5.41) is 21.7. The molecule has 0 fully saturated rings. The second-order valence-electron chi connectivity index (χ2n) is 3.35. The summed E-state index contributed by atoms with van der Waals surface area (Å²) in [6, 6.07) is 6.65. The number of nitrogens with one attached hydrogen (secondary N) is 3. The van der Waals surface area contributed by atoms with Crippen LogP contribution in [0, 0.1) is 10.1 Å². The Morgan fingerprint density at radius 1 is 1.22 bits per heavy atom. The van der Waals surface area contributed by atoms with Gasteiger partial charge in [-0.1, -0.05) is 0 Å². The van der Waals surface area contributed by atoms with Crippen LogP contribution in [0.4, 0.5) is 22.0 Å². The van der Waals surface area contributed by atoms with Gasteiger partial charge in [-0.2, -0.15) is 5.10 Å². The Kier molecular flexibility index (Phi) is 3.19. The standard InChI is InChI=1S/C10H9N5O3/c16-10(13-9-5-6-11-14-9)12-7-1-3-8(4-2-7)15(17)18/h1-6H,(H3,11,12,13,14,16). The van der Waals surface area contributed by atoms with Crippen LogP contribution in [-0.2, 0) is 0 Å². The van der Waals surface area contributed by atoms with Gasteiger partial charge < -0.3 is 5.32 Å². The number of nitro groups is 1. The third-order valence-electron chi connectivity index (χ3n) is 2.08. The molecule has 1 aromatic carbocycles. The van der Waals surface area contributed by atoms with Crippen molar-refractivity contribution in [3.05, 3.63) is 46.6 Å². The van der Waals surface area contributed by atoms with Crippen molar-refractivity contribution in [3.8, 4) is 0 Å². The number of rotatable bonds is 3. The van der Waals surface area contributed by atoms with E-state index in [9.17, 15) is 14.9 Å². The third kappa shape index (κ3) is 2.82. The van der Waals surface area contributed by atoms with E-state index in [2.05, 4.69) is 20.8 Å². The minimum atomic E-state index is -0.506. The van der Waals surface area contributed by atoms with Crippen molar-refractivity contribution in [2.45, 2.75) is 0 Å². The van der Waals surface area contributed by atoms with Gasteiger partial charge in [0.2, 0.25) is 0 Å². The van der Waals surface area contributed by atoms with Gasteiger partial charge in [-0.05, 0) is 12.1 Å². The maximum absolute atomic E-state index is 11.5. The van der Waals surface area contributed by atoms with Crippen LogP contribution >= 0.6 is 0 Å². The first-order valence-electron chi connectivity index (χ1n) is 4.97. The molecule has 0 atom stereocenters. The van der Waals surface area contributed by atoms with Gasteiger partial charge in [-0.25, -0.2) is 4.79 Å². The number of carbonyl (C=O) groups excluding carboxylic acids is 1. The molecule has 0 saturated carbocycles. The molecule has 0 aliphatic heterocycles. The number of aromatic amines is 1. The van der Waals surface area contributed by atoms with Crippen molar-refractivity contribution in [3.63, 3.8) is 0 Å². The van der Waals surface area contributed by atoms with Crippen LogP contribution in [0.25, 0.3) is 0 Å². The average Bonchev–Trinajstić information content (AvgIpc) is 2.82. The molecule has 0 bridgehead atoms. The number of urea groups is 1. The minimum absolute atomic E-state index is 0.0328. The number of benzene rings is 1.